The second-order valence-electron chi connectivity index (χ2n) is 8.68. The van der Waals surface area contributed by atoms with Crippen LogP contribution in [0, 0.1) is 12.8 Å². The quantitative estimate of drug-likeness (QED) is 0.529. The molecule has 0 aromatic heterocycles. The van der Waals surface area contributed by atoms with E-state index in [0.717, 1.165) is 35.2 Å². The summed E-state index contributed by atoms with van der Waals surface area (Å²) in [6.07, 6.45) is 1.74. The van der Waals surface area contributed by atoms with Crippen LogP contribution in [0.15, 0.2) is 48.5 Å². The predicted octanol–water partition coefficient (Wildman–Crippen LogP) is 3.52. The minimum absolute atomic E-state index is 0.0283. The maximum Gasteiger partial charge on any atom is 0.310 e. The van der Waals surface area contributed by atoms with Gasteiger partial charge in [0.1, 0.15) is 6.61 Å². The SMILES string of the molecule is CCOC(=O)[C@H]1CCCN(C(=O)Cc2cccc(N(Cc3ccc(C)cc3)C(=O)COC)c2)C1. The average Bonchev–Trinajstić information content (AvgIpc) is 2.84. The Morgan fingerprint density at radius 1 is 1.09 bits per heavy atom. The lowest BCUT2D eigenvalue weighted by atomic mass is 9.97. The molecule has 0 aliphatic carbocycles. The number of aryl methyl sites for hydroxylation is 1. The third kappa shape index (κ3) is 6.90. The van der Waals surface area contributed by atoms with Crippen LogP contribution in [0.4, 0.5) is 5.69 Å². The van der Waals surface area contributed by atoms with Gasteiger partial charge in [0.05, 0.1) is 25.5 Å². The van der Waals surface area contributed by atoms with E-state index >= 15 is 0 Å². The lowest BCUT2D eigenvalue weighted by Crippen LogP contribution is -2.43. The molecule has 2 aromatic carbocycles. The highest BCUT2D eigenvalue weighted by atomic mass is 16.5. The number of benzene rings is 2. The standard InChI is InChI=1S/C27H34N2O5/c1-4-34-27(32)23-8-6-14-28(18-23)25(30)16-22-7-5-9-24(15-22)29(26(31)19-33-3)17-21-12-10-20(2)11-13-21/h5,7,9-13,15,23H,4,6,8,14,16-19H2,1-3H3/t23-/m0/s1. The number of rotatable bonds is 9. The van der Waals surface area contributed by atoms with Crippen LogP contribution >= 0.6 is 0 Å². The van der Waals surface area contributed by atoms with E-state index in [0.29, 0.717) is 26.2 Å². The molecule has 2 aromatic rings. The Morgan fingerprint density at radius 2 is 1.85 bits per heavy atom. The van der Waals surface area contributed by atoms with Gasteiger partial charge in [-0.3, -0.25) is 14.4 Å². The molecule has 0 saturated carbocycles. The molecule has 1 saturated heterocycles. The third-order valence-electron chi connectivity index (χ3n) is 6.00. The number of amides is 2. The Hall–Kier alpha value is -3.19. The molecule has 0 spiro atoms. The molecule has 0 unspecified atom stereocenters. The highest BCUT2D eigenvalue weighted by molar-refractivity contribution is 5.94. The number of carbonyl (C=O) groups is 3. The van der Waals surface area contributed by atoms with E-state index in [1.165, 1.54) is 7.11 Å². The second-order valence-corrected chi connectivity index (χ2v) is 8.68. The van der Waals surface area contributed by atoms with Crippen molar-refractivity contribution >= 4 is 23.5 Å². The van der Waals surface area contributed by atoms with E-state index in [2.05, 4.69) is 0 Å². The number of esters is 1. The summed E-state index contributed by atoms with van der Waals surface area (Å²) in [6.45, 7) is 5.57. The van der Waals surface area contributed by atoms with Gasteiger partial charge < -0.3 is 19.3 Å². The first kappa shape index (κ1) is 25.4. The van der Waals surface area contributed by atoms with E-state index in [1.54, 1.807) is 16.7 Å². The fraction of sp³-hybridized carbons (Fsp3) is 0.444. The van der Waals surface area contributed by atoms with Gasteiger partial charge in [0.25, 0.3) is 5.91 Å². The smallest absolute Gasteiger partial charge is 0.310 e. The number of likely N-dealkylation sites (tertiary alicyclic amines) is 1. The Labute approximate surface area is 201 Å². The zero-order valence-corrected chi connectivity index (χ0v) is 20.3. The molecule has 1 aliphatic rings. The third-order valence-corrected chi connectivity index (χ3v) is 6.00. The molecular formula is C27H34N2O5. The first-order chi connectivity index (χ1) is 16.4. The lowest BCUT2D eigenvalue weighted by Gasteiger charge is -2.31. The molecule has 1 atom stereocenters. The van der Waals surface area contributed by atoms with Crippen molar-refractivity contribution in [2.45, 2.75) is 39.7 Å². The van der Waals surface area contributed by atoms with Crippen LogP contribution in [-0.2, 0) is 36.8 Å². The lowest BCUT2D eigenvalue weighted by molar-refractivity contribution is -0.151. The Bertz CT molecular complexity index is 989. The van der Waals surface area contributed by atoms with Crippen LogP contribution in [0.3, 0.4) is 0 Å². The number of hydrogen-bond acceptors (Lipinski definition) is 5. The molecule has 3 rings (SSSR count). The Morgan fingerprint density at radius 3 is 2.56 bits per heavy atom. The average molecular weight is 467 g/mol. The number of methoxy groups -OCH3 is 1. The number of anilines is 1. The van der Waals surface area contributed by atoms with Gasteiger partial charge >= 0.3 is 5.97 Å². The van der Waals surface area contributed by atoms with E-state index in [-0.39, 0.29) is 36.7 Å². The second kappa shape index (κ2) is 12.3. The van der Waals surface area contributed by atoms with Crippen LogP contribution in [0.1, 0.15) is 36.5 Å². The predicted molar refractivity (Wildman–Crippen MR) is 130 cm³/mol. The van der Waals surface area contributed by atoms with Gasteiger partial charge in [-0.1, -0.05) is 42.0 Å². The fourth-order valence-electron chi connectivity index (χ4n) is 4.18. The normalized spacial score (nSPS) is 15.6. The van der Waals surface area contributed by atoms with Gasteiger partial charge in [0.2, 0.25) is 5.91 Å². The summed E-state index contributed by atoms with van der Waals surface area (Å²) in [5.74, 6) is -0.676. The van der Waals surface area contributed by atoms with Crippen molar-refractivity contribution in [3.63, 3.8) is 0 Å². The summed E-state index contributed by atoms with van der Waals surface area (Å²) in [4.78, 5) is 41.4. The van der Waals surface area contributed by atoms with Gasteiger partial charge in [-0.25, -0.2) is 0 Å². The zero-order chi connectivity index (χ0) is 24.5. The highest BCUT2D eigenvalue weighted by Crippen LogP contribution is 2.22. The molecule has 182 valence electrons. The van der Waals surface area contributed by atoms with Gasteiger partial charge in [-0.2, -0.15) is 0 Å². The minimum Gasteiger partial charge on any atom is -0.466 e. The topological polar surface area (TPSA) is 76.2 Å². The fourth-order valence-corrected chi connectivity index (χ4v) is 4.18. The number of piperidine rings is 1. The highest BCUT2D eigenvalue weighted by Gasteiger charge is 2.29. The van der Waals surface area contributed by atoms with Crippen LogP contribution in [0.25, 0.3) is 0 Å². The Kier molecular flexibility index (Phi) is 9.22. The molecule has 1 heterocycles. The van der Waals surface area contributed by atoms with Crippen LogP contribution in [-0.4, -0.2) is 56.1 Å². The molecule has 2 amide bonds. The molecule has 7 heteroatoms. The van der Waals surface area contributed by atoms with Crippen molar-refractivity contribution in [3.8, 4) is 0 Å². The summed E-state index contributed by atoms with van der Waals surface area (Å²) >= 11 is 0. The van der Waals surface area contributed by atoms with Crippen LogP contribution < -0.4 is 4.90 Å². The molecule has 1 aliphatic heterocycles. The largest absolute Gasteiger partial charge is 0.466 e. The summed E-state index contributed by atoms with van der Waals surface area (Å²) in [5.41, 5.74) is 3.70. The van der Waals surface area contributed by atoms with Crippen molar-refractivity contribution in [3.05, 3.63) is 65.2 Å². The number of nitrogens with zero attached hydrogens (tertiary/aromatic N) is 2. The molecule has 0 N–H and O–H groups in total. The molecule has 0 bridgehead atoms. The number of hydrogen-bond donors (Lipinski definition) is 0. The van der Waals surface area contributed by atoms with Crippen molar-refractivity contribution in [2.75, 3.05) is 38.3 Å². The summed E-state index contributed by atoms with van der Waals surface area (Å²) in [7, 11) is 1.50. The summed E-state index contributed by atoms with van der Waals surface area (Å²) in [5, 5.41) is 0. The maximum absolute atomic E-state index is 13.0. The summed E-state index contributed by atoms with van der Waals surface area (Å²) < 4.78 is 10.2. The minimum atomic E-state index is -0.263. The monoisotopic (exact) mass is 466 g/mol. The maximum atomic E-state index is 13.0. The zero-order valence-electron chi connectivity index (χ0n) is 20.3. The summed E-state index contributed by atoms with van der Waals surface area (Å²) in [6, 6.07) is 15.5. The Balaban J connectivity index is 1.73. The molecule has 7 nitrogen and oxygen atoms in total. The molecular weight excluding hydrogens is 432 g/mol. The van der Waals surface area contributed by atoms with E-state index in [9.17, 15) is 14.4 Å². The van der Waals surface area contributed by atoms with E-state index in [4.69, 9.17) is 9.47 Å². The van der Waals surface area contributed by atoms with E-state index in [1.807, 2.05) is 55.5 Å². The molecule has 0 radical (unpaired) electrons. The van der Waals surface area contributed by atoms with Gasteiger partial charge in [-0.15, -0.1) is 0 Å². The van der Waals surface area contributed by atoms with Gasteiger partial charge in [-0.05, 0) is 49.9 Å². The van der Waals surface area contributed by atoms with Crippen molar-refractivity contribution in [1.82, 2.24) is 4.90 Å². The van der Waals surface area contributed by atoms with Gasteiger partial charge in [0.15, 0.2) is 0 Å². The van der Waals surface area contributed by atoms with E-state index < -0.39 is 0 Å². The van der Waals surface area contributed by atoms with Crippen LogP contribution in [0.2, 0.25) is 0 Å². The van der Waals surface area contributed by atoms with Crippen molar-refractivity contribution in [2.24, 2.45) is 5.92 Å². The van der Waals surface area contributed by atoms with Crippen LogP contribution in [0.5, 0.6) is 0 Å². The molecule has 34 heavy (non-hydrogen) atoms. The molecule has 1 fully saturated rings. The first-order valence-corrected chi connectivity index (χ1v) is 11.8. The van der Waals surface area contributed by atoms with Crippen molar-refractivity contribution < 1.29 is 23.9 Å². The van der Waals surface area contributed by atoms with Gasteiger partial charge in [0, 0.05) is 25.9 Å². The number of ether oxygens (including phenoxy) is 2. The van der Waals surface area contributed by atoms with Crippen molar-refractivity contribution in [1.29, 1.82) is 0 Å². The first-order valence-electron chi connectivity index (χ1n) is 11.8. The number of carbonyl (C=O) groups excluding carboxylic acids is 3.